The third-order valence-electron chi connectivity index (χ3n) is 1.75. The van der Waals surface area contributed by atoms with Crippen LogP contribution in [0.3, 0.4) is 0 Å². The Morgan fingerprint density at radius 3 is 2.60 bits per heavy atom. The van der Waals surface area contributed by atoms with E-state index in [1.807, 2.05) is 6.07 Å². The quantitative estimate of drug-likeness (QED) is 0.426. The molecule has 0 spiro atoms. The van der Waals surface area contributed by atoms with Crippen molar-refractivity contribution in [2.75, 3.05) is 19.3 Å². The topological polar surface area (TPSA) is 35.5 Å². The van der Waals surface area contributed by atoms with Gasteiger partial charge in [-0.1, -0.05) is 29.8 Å². The van der Waals surface area contributed by atoms with E-state index in [2.05, 4.69) is 0 Å². The van der Waals surface area contributed by atoms with Gasteiger partial charge < -0.3 is 9.47 Å². The average molecular weight is 229 g/mol. The molecular weight excluding hydrogens is 216 g/mol. The number of carbonyl (C=O) groups is 1. The van der Waals surface area contributed by atoms with Crippen LogP contribution < -0.4 is 0 Å². The molecule has 0 saturated carbocycles. The maximum atomic E-state index is 11.4. The van der Waals surface area contributed by atoms with Crippen molar-refractivity contribution in [3.63, 3.8) is 0 Å². The van der Waals surface area contributed by atoms with Gasteiger partial charge in [-0.25, -0.2) is 4.79 Å². The van der Waals surface area contributed by atoms with Crippen LogP contribution in [0.25, 0.3) is 0 Å². The monoisotopic (exact) mass is 228 g/mol. The molecule has 0 unspecified atom stereocenters. The molecule has 0 bridgehead atoms. The zero-order valence-corrected chi connectivity index (χ0v) is 9.07. The van der Waals surface area contributed by atoms with Crippen molar-refractivity contribution in [2.45, 2.75) is 6.42 Å². The number of esters is 1. The van der Waals surface area contributed by atoms with Crippen LogP contribution in [0.15, 0.2) is 30.3 Å². The fraction of sp³-hybridized carbons (Fsp3) is 0.364. The first-order valence-corrected chi connectivity index (χ1v) is 5.24. The van der Waals surface area contributed by atoms with Gasteiger partial charge in [-0.05, 0) is 12.1 Å². The van der Waals surface area contributed by atoms with Crippen molar-refractivity contribution in [3.8, 4) is 0 Å². The predicted octanol–water partition coefficient (Wildman–Crippen LogP) is 2.45. The Labute approximate surface area is 93.9 Å². The number of alkyl halides is 1. The second kappa shape index (κ2) is 7.26. The minimum Gasteiger partial charge on any atom is -0.462 e. The smallest absolute Gasteiger partial charge is 0.338 e. The molecular formula is C11H13ClO3. The molecule has 0 heterocycles. The molecule has 0 aliphatic heterocycles. The van der Waals surface area contributed by atoms with Crippen molar-refractivity contribution in [1.29, 1.82) is 0 Å². The molecule has 0 amide bonds. The molecule has 82 valence electrons. The lowest BCUT2D eigenvalue weighted by Gasteiger charge is -2.04. The highest BCUT2D eigenvalue weighted by molar-refractivity contribution is 6.17. The van der Waals surface area contributed by atoms with Crippen LogP contribution in [0.5, 0.6) is 0 Å². The van der Waals surface area contributed by atoms with Gasteiger partial charge in [0.2, 0.25) is 0 Å². The maximum Gasteiger partial charge on any atom is 0.338 e. The van der Waals surface area contributed by atoms with Crippen LogP contribution in [0.4, 0.5) is 0 Å². The molecule has 1 rings (SSSR count). The first-order chi connectivity index (χ1) is 7.34. The zero-order chi connectivity index (χ0) is 10.9. The van der Waals surface area contributed by atoms with Gasteiger partial charge >= 0.3 is 5.97 Å². The summed E-state index contributed by atoms with van der Waals surface area (Å²) in [6, 6.07) is 9.06. The van der Waals surface area contributed by atoms with E-state index in [1.54, 1.807) is 24.3 Å². The minimum atomic E-state index is -0.304. The van der Waals surface area contributed by atoms with Gasteiger partial charge in [0.25, 0.3) is 0 Å². The molecule has 0 radical (unpaired) electrons. The molecule has 0 saturated heterocycles. The lowest BCUT2D eigenvalue weighted by molar-refractivity contribution is 0.0463. The van der Waals surface area contributed by atoms with Crippen molar-refractivity contribution >= 4 is 17.6 Å². The van der Waals surface area contributed by atoms with E-state index in [0.29, 0.717) is 25.2 Å². The van der Waals surface area contributed by atoms with E-state index >= 15 is 0 Å². The van der Waals surface area contributed by atoms with Gasteiger partial charge in [0.05, 0.1) is 18.8 Å². The van der Waals surface area contributed by atoms with Crippen LogP contribution in [-0.4, -0.2) is 25.2 Å². The molecule has 3 nitrogen and oxygen atoms in total. The summed E-state index contributed by atoms with van der Waals surface area (Å²) in [5, 5.41) is 0. The number of benzene rings is 1. The minimum absolute atomic E-state index is 0.173. The highest BCUT2D eigenvalue weighted by Crippen LogP contribution is 2.01. The summed E-state index contributed by atoms with van der Waals surface area (Å²) in [4.78, 5) is 11.4. The first kappa shape index (κ1) is 12.0. The number of carbonyl (C=O) groups excluding carboxylic acids is 1. The van der Waals surface area contributed by atoms with E-state index < -0.39 is 0 Å². The molecule has 0 aromatic heterocycles. The molecule has 0 fully saturated rings. The number of halogens is 1. The second-order valence-electron chi connectivity index (χ2n) is 2.87. The van der Waals surface area contributed by atoms with E-state index in [-0.39, 0.29) is 12.0 Å². The largest absolute Gasteiger partial charge is 0.462 e. The highest BCUT2D eigenvalue weighted by Gasteiger charge is 2.04. The van der Waals surface area contributed by atoms with Crippen LogP contribution in [0.1, 0.15) is 16.8 Å². The number of hydrogen-bond donors (Lipinski definition) is 0. The molecule has 1 aromatic carbocycles. The number of hydrogen-bond acceptors (Lipinski definition) is 3. The maximum absolute atomic E-state index is 11.4. The highest BCUT2D eigenvalue weighted by atomic mass is 35.5. The second-order valence-corrected chi connectivity index (χ2v) is 3.09. The van der Waals surface area contributed by atoms with E-state index in [9.17, 15) is 4.79 Å². The summed E-state index contributed by atoms with van der Waals surface area (Å²) in [5.41, 5.74) is 0.566. The summed E-state index contributed by atoms with van der Waals surface area (Å²) >= 11 is 5.31. The SMILES string of the molecule is O=C(OCCCOCCl)c1ccccc1. The van der Waals surface area contributed by atoms with Crippen LogP contribution in [-0.2, 0) is 9.47 Å². The molecule has 0 N–H and O–H groups in total. The third-order valence-corrected chi connectivity index (χ3v) is 1.91. The molecule has 0 aliphatic carbocycles. The summed E-state index contributed by atoms with van der Waals surface area (Å²) in [6.07, 6.45) is 0.658. The summed E-state index contributed by atoms with van der Waals surface area (Å²) < 4.78 is 9.91. The van der Waals surface area contributed by atoms with Crippen molar-refractivity contribution in [1.82, 2.24) is 0 Å². The molecule has 4 heteroatoms. The van der Waals surface area contributed by atoms with Crippen molar-refractivity contribution < 1.29 is 14.3 Å². The van der Waals surface area contributed by atoms with Crippen LogP contribution in [0.2, 0.25) is 0 Å². The normalized spacial score (nSPS) is 9.93. The van der Waals surface area contributed by atoms with E-state index in [1.165, 1.54) is 0 Å². The average Bonchev–Trinajstić information content (AvgIpc) is 2.30. The zero-order valence-electron chi connectivity index (χ0n) is 8.32. The number of ether oxygens (including phenoxy) is 2. The fourth-order valence-electron chi connectivity index (χ4n) is 1.04. The van der Waals surface area contributed by atoms with Gasteiger partial charge in [0.1, 0.15) is 6.07 Å². The predicted molar refractivity (Wildman–Crippen MR) is 58.0 cm³/mol. The Morgan fingerprint density at radius 1 is 1.20 bits per heavy atom. The number of rotatable bonds is 6. The van der Waals surface area contributed by atoms with Crippen molar-refractivity contribution in [2.24, 2.45) is 0 Å². The Hall–Kier alpha value is -1.06. The van der Waals surface area contributed by atoms with E-state index in [0.717, 1.165) is 0 Å². The Balaban J connectivity index is 2.20. The van der Waals surface area contributed by atoms with Crippen molar-refractivity contribution in [3.05, 3.63) is 35.9 Å². The third kappa shape index (κ3) is 4.81. The van der Waals surface area contributed by atoms with Gasteiger partial charge in [0, 0.05) is 6.42 Å². The summed E-state index contributed by atoms with van der Waals surface area (Å²) in [6.45, 7) is 0.857. The van der Waals surface area contributed by atoms with Gasteiger partial charge in [-0.15, -0.1) is 0 Å². The lowest BCUT2D eigenvalue weighted by Crippen LogP contribution is -2.08. The first-order valence-electron chi connectivity index (χ1n) is 4.70. The molecule has 15 heavy (non-hydrogen) atoms. The molecule has 0 atom stereocenters. The Morgan fingerprint density at radius 2 is 1.93 bits per heavy atom. The summed E-state index contributed by atoms with van der Waals surface area (Å²) in [5.74, 6) is -0.304. The fourth-order valence-corrected chi connectivity index (χ4v) is 1.15. The Bertz CT molecular complexity index is 287. The van der Waals surface area contributed by atoms with Gasteiger partial charge in [0.15, 0.2) is 0 Å². The van der Waals surface area contributed by atoms with Crippen LogP contribution >= 0.6 is 11.6 Å². The summed E-state index contributed by atoms with van der Waals surface area (Å²) in [7, 11) is 0. The van der Waals surface area contributed by atoms with Gasteiger partial charge in [-0.3, -0.25) is 0 Å². The van der Waals surface area contributed by atoms with E-state index in [4.69, 9.17) is 21.1 Å². The molecule has 0 aliphatic rings. The Kier molecular flexibility index (Phi) is 5.81. The molecule has 1 aromatic rings. The standard InChI is InChI=1S/C11H13ClO3/c12-9-14-7-4-8-15-11(13)10-5-2-1-3-6-10/h1-3,5-6H,4,7-9H2. The van der Waals surface area contributed by atoms with Crippen LogP contribution in [0, 0.1) is 0 Å². The van der Waals surface area contributed by atoms with Gasteiger partial charge in [-0.2, -0.15) is 0 Å². The lowest BCUT2D eigenvalue weighted by atomic mass is 10.2.